The predicted molar refractivity (Wildman–Crippen MR) is 39.5 cm³/mol. The molecule has 0 saturated heterocycles. The summed E-state index contributed by atoms with van der Waals surface area (Å²) in [5.74, 6) is -31.2. The molecule has 1 rings (SSSR count). The second-order valence-electron chi connectivity index (χ2n) is 3.38. The SMILES string of the molecule is CCOC1(F)C(F)=C(F)C(F)(F)C(F)(F)C1(F)F. The van der Waals surface area contributed by atoms with E-state index in [2.05, 4.69) is 4.74 Å². The summed E-state index contributed by atoms with van der Waals surface area (Å²) in [6.07, 6.45) is 0. The summed E-state index contributed by atoms with van der Waals surface area (Å²) in [5, 5.41) is 0. The molecule has 0 bridgehead atoms. The van der Waals surface area contributed by atoms with Gasteiger partial charge in [0.05, 0.1) is 0 Å². The third kappa shape index (κ3) is 1.41. The highest BCUT2D eigenvalue weighted by atomic mass is 19.4. The van der Waals surface area contributed by atoms with E-state index in [0.29, 0.717) is 0 Å². The summed E-state index contributed by atoms with van der Waals surface area (Å²) >= 11 is 0. The van der Waals surface area contributed by atoms with Gasteiger partial charge in [0, 0.05) is 6.61 Å². The number of rotatable bonds is 2. The lowest BCUT2D eigenvalue weighted by Crippen LogP contribution is -2.68. The van der Waals surface area contributed by atoms with Crippen molar-refractivity contribution in [3.05, 3.63) is 11.7 Å². The monoisotopic (exact) mass is 288 g/mol. The summed E-state index contributed by atoms with van der Waals surface area (Å²) in [7, 11) is 0. The molecule has 106 valence electrons. The van der Waals surface area contributed by atoms with E-state index in [1.807, 2.05) is 0 Å². The Labute approximate surface area is 94.2 Å². The van der Waals surface area contributed by atoms with Crippen molar-refractivity contribution in [2.24, 2.45) is 0 Å². The van der Waals surface area contributed by atoms with Gasteiger partial charge in [0.25, 0.3) is 0 Å². The third-order valence-corrected chi connectivity index (χ3v) is 2.29. The Kier molecular flexibility index (Phi) is 3.18. The second-order valence-corrected chi connectivity index (χ2v) is 3.38. The Balaban J connectivity index is 3.62. The zero-order valence-electron chi connectivity index (χ0n) is 8.52. The minimum Gasteiger partial charge on any atom is -0.336 e. The fourth-order valence-electron chi connectivity index (χ4n) is 1.31. The number of alkyl halides is 7. The van der Waals surface area contributed by atoms with Crippen LogP contribution >= 0.6 is 0 Å². The zero-order valence-corrected chi connectivity index (χ0v) is 8.52. The van der Waals surface area contributed by atoms with Crippen LogP contribution in [-0.2, 0) is 4.74 Å². The average molecular weight is 288 g/mol. The molecule has 10 heteroatoms. The van der Waals surface area contributed by atoms with Crippen molar-refractivity contribution < 1.29 is 44.3 Å². The van der Waals surface area contributed by atoms with Gasteiger partial charge in [0.15, 0.2) is 0 Å². The van der Waals surface area contributed by atoms with Gasteiger partial charge in [-0.15, -0.1) is 0 Å². The molecule has 1 aliphatic carbocycles. The van der Waals surface area contributed by atoms with Gasteiger partial charge < -0.3 is 4.74 Å². The molecule has 1 unspecified atom stereocenters. The van der Waals surface area contributed by atoms with Crippen LogP contribution in [-0.4, -0.2) is 30.2 Å². The highest BCUT2D eigenvalue weighted by molar-refractivity contribution is 5.31. The van der Waals surface area contributed by atoms with Gasteiger partial charge in [-0.3, -0.25) is 0 Å². The molecule has 0 spiro atoms. The fraction of sp³-hybridized carbons (Fsp3) is 0.750. The van der Waals surface area contributed by atoms with Gasteiger partial charge >= 0.3 is 23.6 Å². The van der Waals surface area contributed by atoms with Gasteiger partial charge in [-0.1, -0.05) is 0 Å². The van der Waals surface area contributed by atoms with Crippen LogP contribution in [0.3, 0.4) is 0 Å². The molecular weight excluding hydrogens is 283 g/mol. The van der Waals surface area contributed by atoms with Crippen LogP contribution in [0.25, 0.3) is 0 Å². The topological polar surface area (TPSA) is 9.23 Å². The van der Waals surface area contributed by atoms with Crippen LogP contribution in [0.4, 0.5) is 39.5 Å². The van der Waals surface area contributed by atoms with Gasteiger partial charge in [-0.2, -0.15) is 30.7 Å². The van der Waals surface area contributed by atoms with Crippen molar-refractivity contribution in [3.63, 3.8) is 0 Å². The number of ether oxygens (including phenoxy) is 1. The van der Waals surface area contributed by atoms with E-state index in [4.69, 9.17) is 0 Å². The molecule has 1 atom stereocenters. The van der Waals surface area contributed by atoms with Crippen LogP contribution in [0.1, 0.15) is 6.92 Å². The predicted octanol–water partition coefficient (Wildman–Crippen LogP) is 3.76. The first kappa shape index (κ1) is 15.1. The standard InChI is InChI=1S/C8H5F9O/c1-2-18-6(13)4(10)3(9)5(11,12)7(14,15)8(6,16)17/h2H2,1H3. The summed E-state index contributed by atoms with van der Waals surface area (Å²) in [6.45, 7) is -0.276. The van der Waals surface area contributed by atoms with E-state index in [1.54, 1.807) is 0 Å². The number of hydrogen-bond donors (Lipinski definition) is 0. The smallest absolute Gasteiger partial charge is 0.336 e. The maximum absolute atomic E-state index is 13.4. The minimum atomic E-state index is -6.48. The van der Waals surface area contributed by atoms with Crippen molar-refractivity contribution in [2.45, 2.75) is 30.5 Å². The molecular formula is C8H5F9O. The first-order valence-electron chi connectivity index (χ1n) is 4.40. The molecule has 18 heavy (non-hydrogen) atoms. The normalized spacial score (nSPS) is 33.7. The van der Waals surface area contributed by atoms with Crippen LogP contribution in [0.5, 0.6) is 0 Å². The molecule has 1 nitrogen and oxygen atoms in total. The van der Waals surface area contributed by atoms with Crippen molar-refractivity contribution in [2.75, 3.05) is 6.61 Å². The average Bonchev–Trinajstić information content (AvgIpc) is 2.25. The maximum atomic E-state index is 13.4. The first-order chi connectivity index (χ1) is 7.88. The van der Waals surface area contributed by atoms with Gasteiger partial charge in [0.2, 0.25) is 11.7 Å². The quantitative estimate of drug-likeness (QED) is 0.703. The molecule has 0 aromatic heterocycles. The lowest BCUT2D eigenvalue weighted by atomic mass is 9.89. The van der Waals surface area contributed by atoms with E-state index in [9.17, 15) is 39.5 Å². The van der Waals surface area contributed by atoms with Crippen LogP contribution in [0.15, 0.2) is 11.7 Å². The molecule has 0 saturated carbocycles. The van der Waals surface area contributed by atoms with E-state index in [1.165, 1.54) is 0 Å². The highest BCUT2D eigenvalue weighted by Crippen LogP contribution is 2.61. The van der Waals surface area contributed by atoms with Crippen molar-refractivity contribution in [3.8, 4) is 0 Å². The summed E-state index contributed by atoms with van der Waals surface area (Å²) in [4.78, 5) is 0. The van der Waals surface area contributed by atoms with Crippen LogP contribution in [0, 0.1) is 0 Å². The van der Waals surface area contributed by atoms with E-state index in [-0.39, 0.29) is 0 Å². The Bertz CT molecular complexity index is 388. The van der Waals surface area contributed by atoms with Crippen molar-refractivity contribution in [1.29, 1.82) is 0 Å². The van der Waals surface area contributed by atoms with Crippen LogP contribution in [0.2, 0.25) is 0 Å². The molecule has 0 fully saturated rings. The van der Waals surface area contributed by atoms with E-state index < -0.39 is 41.9 Å². The molecule has 0 amide bonds. The zero-order chi connectivity index (χ0) is 14.6. The summed E-state index contributed by atoms with van der Waals surface area (Å²) < 4.78 is 119. The molecule has 0 aromatic rings. The van der Waals surface area contributed by atoms with Gasteiger partial charge in [0.1, 0.15) is 0 Å². The molecule has 0 N–H and O–H groups in total. The molecule has 1 aliphatic rings. The van der Waals surface area contributed by atoms with Gasteiger partial charge in [-0.05, 0) is 6.92 Å². The second kappa shape index (κ2) is 3.78. The fourth-order valence-corrected chi connectivity index (χ4v) is 1.31. The van der Waals surface area contributed by atoms with Crippen molar-refractivity contribution in [1.82, 2.24) is 0 Å². The van der Waals surface area contributed by atoms with E-state index in [0.717, 1.165) is 6.92 Å². The molecule has 0 radical (unpaired) electrons. The number of halogens is 9. The Hall–Kier alpha value is -0.930. The maximum Gasteiger partial charge on any atom is 0.385 e. The Morgan fingerprint density at radius 2 is 1.28 bits per heavy atom. The number of hydrogen-bond acceptors (Lipinski definition) is 1. The van der Waals surface area contributed by atoms with E-state index >= 15 is 0 Å². The minimum absolute atomic E-state index is 0.799. The Morgan fingerprint density at radius 3 is 1.67 bits per heavy atom. The van der Waals surface area contributed by atoms with Crippen molar-refractivity contribution >= 4 is 0 Å². The highest BCUT2D eigenvalue weighted by Gasteiger charge is 2.87. The third-order valence-electron chi connectivity index (χ3n) is 2.29. The molecule has 0 aliphatic heterocycles. The van der Waals surface area contributed by atoms with Crippen LogP contribution < -0.4 is 0 Å². The van der Waals surface area contributed by atoms with Gasteiger partial charge in [-0.25, -0.2) is 8.78 Å². The largest absolute Gasteiger partial charge is 0.385 e. The lowest BCUT2D eigenvalue weighted by molar-refractivity contribution is -0.390. The Morgan fingerprint density at radius 1 is 0.833 bits per heavy atom. The molecule has 0 heterocycles. The molecule has 0 aromatic carbocycles. The summed E-state index contributed by atoms with van der Waals surface area (Å²) in [6, 6.07) is 0. The first-order valence-corrected chi connectivity index (χ1v) is 4.40. The summed E-state index contributed by atoms with van der Waals surface area (Å²) in [5.41, 5.74) is 0. The number of allylic oxidation sites excluding steroid dienone is 1. The lowest BCUT2D eigenvalue weighted by Gasteiger charge is -2.42.